The topological polar surface area (TPSA) is 83.2 Å². The zero-order valence-electron chi connectivity index (χ0n) is 25.1. The third kappa shape index (κ3) is 6.57. The molecule has 3 aromatic carbocycles. The lowest BCUT2D eigenvalue weighted by molar-refractivity contribution is -0.0455. The number of anilines is 2. The highest BCUT2D eigenvalue weighted by molar-refractivity contribution is 5.66. The Morgan fingerprint density at radius 2 is 1.46 bits per heavy atom. The first-order valence-electron chi connectivity index (χ1n) is 15.1. The molecular formula is C34H33F4N7O. The maximum Gasteiger partial charge on any atom is 0.298 e. The Bertz CT molecular complexity index is 1730. The molecule has 3 heterocycles. The number of hydrogen-bond donors (Lipinski definition) is 1. The summed E-state index contributed by atoms with van der Waals surface area (Å²) in [6, 6.07) is 21.3. The minimum Gasteiger partial charge on any atom is -0.388 e. The number of tetrazole rings is 1. The van der Waals surface area contributed by atoms with Gasteiger partial charge in [0.05, 0.1) is 18.6 Å². The van der Waals surface area contributed by atoms with Gasteiger partial charge in [0.25, 0.3) is 5.92 Å². The molecule has 1 N–H and O–H groups in total. The number of piperazine rings is 1. The summed E-state index contributed by atoms with van der Waals surface area (Å²) in [5.41, 5.74) is 3.67. The van der Waals surface area contributed by atoms with Crippen LogP contribution >= 0.6 is 0 Å². The molecule has 12 heteroatoms. The van der Waals surface area contributed by atoms with Crippen LogP contribution in [-0.4, -0.2) is 56.5 Å². The molecule has 0 amide bonds. The fourth-order valence-corrected chi connectivity index (χ4v) is 5.81. The molecule has 0 radical (unpaired) electrons. The van der Waals surface area contributed by atoms with Gasteiger partial charge < -0.3 is 14.9 Å². The molecule has 238 valence electrons. The largest absolute Gasteiger partial charge is 0.388 e. The van der Waals surface area contributed by atoms with Crippen LogP contribution in [0, 0.1) is 11.6 Å². The Morgan fingerprint density at radius 3 is 2.00 bits per heavy atom. The number of alkyl halides is 2. The molecule has 2 atom stereocenters. The van der Waals surface area contributed by atoms with E-state index in [1.54, 1.807) is 6.07 Å². The van der Waals surface area contributed by atoms with Crippen molar-refractivity contribution in [3.8, 4) is 11.1 Å². The summed E-state index contributed by atoms with van der Waals surface area (Å²) < 4.78 is 61.3. The van der Waals surface area contributed by atoms with Gasteiger partial charge in [-0.25, -0.2) is 13.5 Å². The lowest BCUT2D eigenvalue weighted by Crippen LogP contribution is -2.46. The summed E-state index contributed by atoms with van der Waals surface area (Å²) in [6.07, 6.45) is 2.77. The highest BCUT2D eigenvalue weighted by Crippen LogP contribution is 2.43. The highest BCUT2D eigenvalue weighted by Gasteiger charge is 2.45. The van der Waals surface area contributed by atoms with Gasteiger partial charge in [-0.2, -0.15) is 8.78 Å². The van der Waals surface area contributed by atoms with Crippen molar-refractivity contribution in [2.75, 3.05) is 36.0 Å². The van der Waals surface area contributed by atoms with Gasteiger partial charge in [0.15, 0.2) is 0 Å². The average Bonchev–Trinajstić information content (AvgIpc) is 3.61. The number of pyridine rings is 1. The molecule has 6 rings (SSSR count). The summed E-state index contributed by atoms with van der Waals surface area (Å²) in [7, 11) is 0. The molecule has 0 spiro atoms. The number of halogens is 4. The highest BCUT2D eigenvalue weighted by atomic mass is 19.3. The fraction of sp³-hybridized carbons (Fsp3) is 0.294. The standard InChI is InChI=1S/C34H33F4N7O/c1-2-32(46)24-5-11-28(12-6-24)44-17-15-43(16-18-44)27-9-3-23(4-10-27)25-7-14-33(39-20-25)34(37,38)30(21-45-22-40-41-42-45)29-13-8-26(35)19-31(29)36/h3-14,19-20,22,30,32,46H,2,15-18,21H2,1H3/t30-,32?/m1/s1. The van der Waals surface area contributed by atoms with Crippen molar-refractivity contribution in [2.24, 2.45) is 0 Å². The molecular weight excluding hydrogens is 598 g/mol. The smallest absolute Gasteiger partial charge is 0.298 e. The Kier molecular flexibility index (Phi) is 8.98. The number of aliphatic hydroxyl groups is 1. The van der Waals surface area contributed by atoms with E-state index >= 15 is 8.78 Å². The second kappa shape index (κ2) is 13.3. The van der Waals surface area contributed by atoms with Crippen LogP contribution in [0.2, 0.25) is 0 Å². The van der Waals surface area contributed by atoms with Crippen molar-refractivity contribution < 1.29 is 22.7 Å². The van der Waals surface area contributed by atoms with E-state index in [1.165, 1.54) is 12.3 Å². The van der Waals surface area contributed by atoms with Gasteiger partial charge in [0.1, 0.15) is 23.7 Å². The third-order valence-electron chi connectivity index (χ3n) is 8.52. The molecule has 1 aliphatic heterocycles. The Balaban J connectivity index is 1.13. The van der Waals surface area contributed by atoms with Crippen molar-refractivity contribution in [1.82, 2.24) is 25.2 Å². The van der Waals surface area contributed by atoms with Gasteiger partial charge in [0.2, 0.25) is 0 Å². The first-order valence-corrected chi connectivity index (χ1v) is 15.1. The molecule has 1 saturated heterocycles. The summed E-state index contributed by atoms with van der Waals surface area (Å²) in [6.45, 7) is 4.89. The van der Waals surface area contributed by atoms with Crippen molar-refractivity contribution in [2.45, 2.75) is 37.8 Å². The van der Waals surface area contributed by atoms with Crippen LogP contribution in [0.5, 0.6) is 0 Å². The van der Waals surface area contributed by atoms with Gasteiger partial charge in [-0.15, -0.1) is 5.10 Å². The number of nitrogens with zero attached hydrogens (tertiary/aromatic N) is 7. The van der Waals surface area contributed by atoms with Crippen LogP contribution in [0.1, 0.15) is 42.2 Å². The average molecular weight is 632 g/mol. The second-order valence-corrected chi connectivity index (χ2v) is 11.3. The van der Waals surface area contributed by atoms with E-state index in [0.717, 1.165) is 71.8 Å². The maximum absolute atomic E-state index is 15.9. The van der Waals surface area contributed by atoms with E-state index in [-0.39, 0.29) is 5.56 Å². The summed E-state index contributed by atoms with van der Waals surface area (Å²) in [5.74, 6) is -7.33. The van der Waals surface area contributed by atoms with E-state index < -0.39 is 41.8 Å². The van der Waals surface area contributed by atoms with Crippen molar-refractivity contribution in [3.05, 3.63) is 120 Å². The normalized spacial score (nSPS) is 15.2. The molecule has 1 fully saturated rings. The zero-order valence-corrected chi connectivity index (χ0v) is 25.1. The van der Waals surface area contributed by atoms with Gasteiger partial charge in [-0.05, 0) is 69.9 Å². The summed E-state index contributed by atoms with van der Waals surface area (Å²) in [4.78, 5) is 8.71. The first kappa shape index (κ1) is 31.2. The van der Waals surface area contributed by atoms with Crippen LogP contribution in [0.25, 0.3) is 11.1 Å². The fourth-order valence-electron chi connectivity index (χ4n) is 5.81. The number of hydrogen-bond acceptors (Lipinski definition) is 7. The van der Waals surface area contributed by atoms with E-state index in [4.69, 9.17) is 0 Å². The lowest BCUT2D eigenvalue weighted by Gasteiger charge is -2.37. The molecule has 1 unspecified atom stereocenters. The second-order valence-electron chi connectivity index (χ2n) is 11.3. The van der Waals surface area contributed by atoms with Gasteiger partial charge in [-0.1, -0.05) is 43.3 Å². The number of aliphatic hydroxyl groups excluding tert-OH is 1. The maximum atomic E-state index is 15.9. The number of rotatable bonds is 10. The zero-order chi connectivity index (χ0) is 32.3. The molecule has 0 bridgehead atoms. The van der Waals surface area contributed by atoms with Gasteiger partial charge >= 0.3 is 0 Å². The molecule has 1 aliphatic rings. The van der Waals surface area contributed by atoms with Crippen molar-refractivity contribution >= 4 is 11.4 Å². The molecule has 0 aliphatic carbocycles. The van der Waals surface area contributed by atoms with Crippen molar-refractivity contribution in [3.63, 3.8) is 0 Å². The SMILES string of the molecule is CCC(O)c1ccc(N2CCN(c3ccc(-c4ccc(C(F)(F)[C@H](Cn5cnnn5)c5ccc(F)cc5F)nc4)cc3)CC2)cc1. The monoisotopic (exact) mass is 631 g/mol. The van der Waals surface area contributed by atoms with Crippen LogP contribution in [0.3, 0.4) is 0 Å². The van der Waals surface area contributed by atoms with Crippen LogP contribution in [-0.2, 0) is 12.5 Å². The van der Waals surface area contributed by atoms with Crippen LogP contribution < -0.4 is 9.80 Å². The molecule has 8 nitrogen and oxygen atoms in total. The van der Waals surface area contributed by atoms with Crippen LogP contribution in [0.4, 0.5) is 28.9 Å². The molecule has 0 saturated carbocycles. The number of benzene rings is 3. The minimum atomic E-state index is -3.63. The molecule has 5 aromatic rings. The minimum absolute atomic E-state index is 0.367. The molecule has 46 heavy (non-hydrogen) atoms. The van der Waals surface area contributed by atoms with E-state index in [9.17, 15) is 13.9 Å². The quantitative estimate of drug-likeness (QED) is 0.180. The lowest BCUT2D eigenvalue weighted by atomic mass is 9.89. The van der Waals surface area contributed by atoms with Crippen LogP contribution in [0.15, 0.2) is 91.4 Å². The Hall–Kier alpha value is -4.84. The summed E-state index contributed by atoms with van der Waals surface area (Å²) in [5, 5.41) is 20.7. The molecule has 2 aromatic heterocycles. The van der Waals surface area contributed by atoms with E-state index in [2.05, 4.69) is 42.4 Å². The predicted octanol–water partition coefficient (Wildman–Crippen LogP) is 6.36. The van der Waals surface area contributed by atoms with Gasteiger partial charge in [0, 0.05) is 55.4 Å². The number of aromatic nitrogens is 5. The van der Waals surface area contributed by atoms with Crippen molar-refractivity contribution in [1.29, 1.82) is 0 Å². The third-order valence-corrected chi connectivity index (χ3v) is 8.52. The summed E-state index contributed by atoms with van der Waals surface area (Å²) >= 11 is 0. The first-order chi connectivity index (χ1) is 22.2. The predicted molar refractivity (Wildman–Crippen MR) is 167 cm³/mol. The van der Waals surface area contributed by atoms with E-state index in [1.807, 2.05) is 43.3 Å². The van der Waals surface area contributed by atoms with Gasteiger partial charge in [-0.3, -0.25) is 4.98 Å². The van der Waals surface area contributed by atoms with E-state index in [0.29, 0.717) is 18.1 Å². The Morgan fingerprint density at radius 1 is 0.826 bits per heavy atom. The Labute approximate surface area is 263 Å².